The molecule has 1 aliphatic carbocycles. The third kappa shape index (κ3) is 2.66. The number of hydrogen-bond acceptors (Lipinski definition) is 3. The van der Waals surface area contributed by atoms with Crippen LogP contribution in [0.5, 0.6) is 0 Å². The molecule has 4 atom stereocenters. The van der Waals surface area contributed by atoms with E-state index in [9.17, 15) is 9.90 Å². The van der Waals surface area contributed by atoms with Gasteiger partial charge in [-0.3, -0.25) is 4.79 Å². The van der Waals surface area contributed by atoms with Gasteiger partial charge in [-0.15, -0.1) is 0 Å². The third-order valence-corrected chi connectivity index (χ3v) is 4.04. The normalized spacial score (nSPS) is 37.4. The molecule has 1 N–H and O–H groups in total. The number of carbonyl (C=O) groups is 1. The smallest absolute Gasteiger partial charge is 0.309 e. The standard InChI is InChI=1S/C15H22O3/c1-9-5-4-6-10(2)8-13-14(12(16)7-9)11(3)15(17)18-13/h5,8,11-14,16H,4,6-7H2,1-3H3/t11-,12+,13-,14-/m1/s1. The first-order valence-electron chi connectivity index (χ1n) is 6.70. The van der Waals surface area contributed by atoms with Gasteiger partial charge in [0.25, 0.3) is 0 Å². The van der Waals surface area contributed by atoms with E-state index in [0.717, 1.165) is 12.8 Å². The molecule has 2 aliphatic rings. The van der Waals surface area contributed by atoms with Gasteiger partial charge in [-0.2, -0.15) is 0 Å². The van der Waals surface area contributed by atoms with Crippen molar-refractivity contribution in [2.45, 2.75) is 52.2 Å². The van der Waals surface area contributed by atoms with Gasteiger partial charge in [0.2, 0.25) is 0 Å². The topological polar surface area (TPSA) is 46.5 Å². The van der Waals surface area contributed by atoms with Crippen molar-refractivity contribution in [3.63, 3.8) is 0 Å². The Labute approximate surface area is 109 Å². The fourth-order valence-electron chi connectivity index (χ4n) is 2.92. The molecule has 0 saturated carbocycles. The van der Waals surface area contributed by atoms with Crippen molar-refractivity contribution in [1.82, 2.24) is 0 Å². The minimum absolute atomic E-state index is 0.117. The van der Waals surface area contributed by atoms with Crippen molar-refractivity contribution < 1.29 is 14.6 Å². The summed E-state index contributed by atoms with van der Waals surface area (Å²) >= 11 is 0. The molecular formula is C15H22O3. The number of aliphatic hydroxyl groups is 1. The number of hydrogen-bond donors (Lipinski definition) is 1. The van der Waals surface area contributed by atoms with Gasteiger partial charge in [-0.05, 0) is 39.2 Å². The van der Waals surface area contributed by atoms with E-state index in [1.165, 1.54) is 11.1 Å². The Kier molecular flexibility index (Phi) is 3.91. The van der Waals surface area contributed by atoms with Gasteiger partial charge in [-0.1, -0.05) is 24.1 Å². The highest BCUT2D eigenvalue weighted by Gasteiger charge is 2.44. The van der Waals surface area contributed by atoms with Gasteiger partial charge in [-0.25, -0.2) is 0 Å². The van der Waals surface area contributed by atoms with Crippen LogP contribution in [0, 0.1) is 11.8 Å². The first kappa shape index (κ1) is 13.3. The van der Waals surface area contributed by atoms with E-state index in [0.29, 0.717) is 6.42 Å². The van der Waals surface area contributed by atoms with Crippen molar-refractivity contribution in [3.8, 4) is 0 Å². The summed E-state index contributed by atoms with van der Waals surface area (Å²) in [6.07, 6.45) is 6.05. The van der Waals surface area contributed by atoms with Crippen LogP contribution in [0.1, 0.15) is 40.0 Å². The van der Waals surface area contributed by atoms with Crippen molar-refractivity contribution in [2.75, 3.05) is 0 Å². The highest BCUT2D eigenvalue weighted by atomic mass is 16.6. The number of fused-ring (bicyclic) bond motifs is 1. The first-order valence-corrected chi connectivity index (χ1v) is 6.70. The fraction of sp³-hybridized carbons (Fsp3) is 0.667. The Morgan fingerprint density at radius 2 is 2.06 bits per heavy atom. The van der Waals surface area contributed by atoms with Crippen LogP contribution in [0.2, 0.25) is 0 Å². The van der Waals surface area contributed by atoms with Crippen molar-refractivity contribution in [2.24, 2.45) is 11.8 Å². The van der Waals surface area contributed by atoms with E-state index in [4.69, 9.17) is 4.74 Å². The van der Waals surface area contributed by atoms with Crippen LogP contribution in [0.4, 0.5) is 0 Å². The zero-order valence-corrected chi connectivity index (χ0v) is 11.3. The Bertz CT molecular complexity index is 395. The van der Waals surface area contributed by atoms with E-state index in [-0.39, 0.29) is 23.9 Å². The highest BCUT2D eigenvalue weighted by Crippen LogP contribution is 2.35. The highest BCUT2D eigenvalue weighted by molar-refractivity contribution is 5.75. The second-order valence-electron chi connectivity index (χ2n) is 5.64. The predicted octanol–water partition coefficient (Wildman–Crippen LogP) is 2.60. The van der Waals surface area contributed by atoms with Gasteiger partial charge >= 0.3 is 5.97 Å². The first-order chi connectivity index (χ1) is 8.49. The minimum Gasteiger partial charge on any atom is -0.457 e. The average molecular weight is 250 g/mol. The summed E-state index contributed by atoms with van der Waals surface area (Å²) in [5.41, 5.74) is 2.42. The fourth-order valence-corrected chi connectivity index (χ4v) is 2.92. The van der Waals surface area contributed by atoms with E-state index in [1.807, 2.05) is 19.9 Å². The molecule has 18 heavy (non-hydrogen) atoms. The molecule has 1 aliphatic heterocycles. The summed E-state index contributed by atoms with van der Waals surface area (Å²) in [7, 11) is 0. The van der Waals surface area contributed by atoms with Crippen LogP contribution in [-0.4, -0.2) is 23.3 Å². The summed E-state index contributed by atoms with van der Waals surface area (Å²) in [6, 6.07) is 0. The summed E-state index contributed by atoms with van der Waals surface area (Å²) < 4.78 is 5.39. The van der Waals surface area contributed by atoms with E-state index < -0.39 is 6.10 Å². The van der Waals surface area contributed by atoms with Gasteiger partial charge in [0.05, 0.1) is 12.0 Å². The lowest BCUT2D eigenvalue weighted by Crippen LogP contribution is -2.31. The molecule has 1 fully saturated rings. The lowest BCUT2D eigenvalue weighted by atomic mass is 9.82. The summed E-state index contributed by atoms with van der Waals surface area (Å²) in [5.74, 6) is -0.524. The summed E-state index contributed by atoms with van der Waals surface area (Å²) in [5, 5.41) is 10.3. The molecule has 0 aromatic rings. The van der Waals surface area contributed by atoms with Crippen molar-refractivity contribution in [3.05, 3.63) is 23.3 Å². The van der Waals surface area contributed by atoms with Gasteiger partial charge in [0.1, 0.15) is 6.10 Å². The molecule has 0 bridgehead atoms. The molecule has 0 spiro atoms. The van der Waals surface area contributed by atoms with Crippen LogP contribution in [0.3, 0.4) is 0 Å². The number of rotatable bonds is 0. The lowest BCUT2D eigenvalue weighted by Gasteiger charge is -2.24. The summed E-state index contributed by atoms with van der Waals surface area (Å²) in [4.78, 5) is 11.7. The zero-order valence-electron chi connectivity index (χ0n) is 11.3. The van der Waals surface area contributed by atoms with Crippen molar-refractivity contribution in [1.29, 1.82) is 0 Å². The Balaban J connectivity index is 2.30. The number of aliphatic hydroxyl groups excluding tert-OH is 1. The second kappa shape index (κ2) is 5.27. The second-order valence-corrected chi connectivity index (χ2v) is 5.64. The monoisotopic (exact) mass is 250 g/mol. The van der Waals surface area contributed by atoms with Crippen molar-refractivity contribution >= 4 is 5.97 Å². The van der Waals surface area contributed by atoms with Crippen LogP contribution >= 0.6 is 0 Å². The van der Waals surface area contributed by atoms with Gasteiger partial charge in [0, 0.05) is 5.92 Å². The largest absolute Gasteiger partial charge is 0.457 e. The minimum atomic E-state index is -0.505. The number of carbonyl (C=O) groups excluding carboxylic acids is 1. The quantitative estimate of drug-likeness (QED) is 0.531. The maximum absolute atomic E-state index is 11.7. The Morgan fingerprint density at radius 3 is 2.78 bits per heavy atom. The zero-order chi connectivity index (χ0) is 13.3. The Hall–Kier alpha value is -1.09. The molecule has 0 aromatic carbocycles. The molecule has 2 rings (SSSR count). The maximum atomic E-state index is 11.7. The van der Waals surface area contributed by atoms with E-state index >= 15 is 0 Å². The molecule has 3 nitrogen and oxygen atoms in total. The Morgan fingerprint density at radius 1 is 1.33 bits per heavy atom. The predicted molar refractivity (Wildman–Crippen MR) is 69.9 cm³/mol. The van der Waals surface area contributed by atoms with Gasteiger partial charge < -0.3 is 9.84 Å². The van der Waals surface area contributed by atoms with E-state index in [1.54, 1.807) is 0 Å². The molecule has 1 saturated heterocycles. The molecule has 1 heterocycles. The SMILES string of the molecule is CC1=C[C@H]2OC(=O)[C@H](C)[C@@H]2[C@@H](O)CC(C)=CCC1. The molecule has 0 radical (unpaired) electrons. The molecule has 0 aromatic heterocycles. The van der Waals surface area contributed by atoms with Crippen LogP contribution in [0.25, 0.3) is 0 Å². The number of ether oxygens (including phenoxy) is 1. The number of esters is 1. The maximum Gasteiger partial charge on any atom is 0.309 e. The third-order valence-electron chi connectivity index (χ3n) is 4.04. The molecular weight excluding hydrogens is 228 g/mol. The summed E-state index contributed by atoms with van der Waals surface area (Å²) in [6.45, 7) is 5.95. The molecule has 0 amide bonds. The molecule has 100 valence electrons. The van der Waals surface area contributed by atoms with Crippen LogP contribution < -0.4 is 0 Å². The van der Waals surface area contributed by atoms with E-state index in [2.05, 4.69) is 13.0 Å². The van der Waals surface area contributed by atoms with Gasteiger partial charge in [0.15, 0.2) is 0 Å². The molecule has 3 heteroatoms. The van der Waals surface area contributed by atoms with Crippen LogP contribution in [0.15, 0.2) is 23.3 Å². The number of allylic oxidation sites excluding steroid dienone is 2. The molecule has 0 unspecified atom stereocenters. The average Bonchev–Trinajstić information content (AvgIpc) is 2.53. The van der Waals surface area contributed by atoms with Crippen LogP contribution in [-0.2, 0) is 9.53 Å². The lowest BCUT2D eigenvalue weighted by molar-refractivity contribution is -0.142.